The van der Waals surface area contributed by atoms with Crippen LogP contribution < -0.4 is 14.5 Å². The van der Waals surface area contributed by atoms with Crippen LogP contribution in [0, 0.1) is 0 Å². The number of alkyl halides is 3. The first kappa shape index (κ1) is 24.7. The summed E-state index contributed by atoms with van der Waals surface area (Å²) >= 11 is 0. The van der Waals surface area contributed by atoms with Crippen molar-refractivity contribution in [1.82, 2.24) is 9.88 Å². The fraction of sp³-hybridized carbons (Fsp3) is 0.200. The van der Waals surface area contributed by atoms with Gasteiger partial charge >= 0.3 is 12.4 Å². The molecule has 186 valence electrons. The number of halogens is 3. The van der Waals surface area contributed by atoms with Crippen molar-refractivity contribution in [3.05, 3.63) is 84.2 Å². The monoisotopic (exact) mass is 498 g/mol. The Morgan fingerprint density at radius 2 is 1.72 bits per heavy atom. The van der Waals surface area contributed by atoms with Crippen LogP contribution in [0.2, 0.25) is 0 Å². The number of pyridine rings is 1. The molecule has 0 aliphatic carbocycles. The van der Waals surface area contributed by atoms with Gasteiger partial charge in [0.15, 0.2) is 0 Å². The summed E-state index contributed by atoms with van der Waals surface area (Å²) in [4.78, 5) is 47.0. The molecule has 0 saturated carbocycles. The highest BCUT2D eigenvalue weighted by Crippen LogP contribution is 2.30. The average molecular weight is 498 g/mol. The van der Waals surface area contributed by atoms with Crippen molar-refractivity contribution in [2.45, 2.75) is 25.9 Å². The first-order valence-electron chi connectivity index (χ1n) is 10.8. The number of carbonyl (C=O) groups excluding carboxylic acids is 3. The number of aromatic nitrogens is 1. The number of urea groups is 1. The predicted octanol–water partition coefficient (Wildman–Crippen LogP) is 4.61. The molecule has 1 aliphatic rings. The fourth-order valence-electron chi connectivity index (χ4n) is 3.83. The standard InChI is InChI=1S/C25H21F3N4O4/c1-16-22(33)32(19-8-10-20(11-9-19)36-25(26,27)28)24(35)31(16)15-17-12-13-29-14-21(17)23(34)30(2)18-6-4-3-5-7-18/h3-14,16H,15H2,1-2H3. The molecule has 2 aromatic carbocycles. The van der Waals surface area contributed by atoms with Crippen LogP contribution in [0.1, 0.15) is 22.8 Å². The number of hydrogen-bond donors (Lipinski definition) is 0. The Morgan fingerprint density at radius 3 is 2.36 bits per heavy atom. The maximum atomic E-state index is 13.2. The number of amides is 4. The van der Waals surface area contributed by atoms with Crippen LogP contribution in [-0.4, -0.2) is 47.2 Å². The fourth-order valence-corrected chi connectivity index (χ4v) is 3.83. The van der Waals surface area contributed by atoms with E-state index in [1.165, 1.54) is 34.3 Å². The lowest BCUT2D eigenvalue weighted by Gasteiger charge is -2.23. The Morgan fingerprint density at radius 1 is 1.06 bits per heavy atom. The van der Waals surface area contributed by atoms with Gasteiger partial charge in [-0.15, -0.1) is 13.2 Å². The summed E-state index contributed by atoms with van der Waals surface area (Å²) in [6, 6.07) is 13.5. The van der Waals surface area contributed by atoms with E-state index in [0.29, 0.717) is 11.3 Å². The normalized spacial score (nSPS) is 15.9. The largest absolute Gasteiger partial charge is 0.573 e. The number of para-hydroxylation sites is 1. The molecule has 11 heteroatoms. The minimum atomic E-state index is -4.86. The second-order valence-electron chi connectivity index (χ2n) is 8.03. The van der Waals surface area contributed by atoms with Crippen LogP contribution in [0.4, 0.5) is 29.3 Å². The molecule has 36 heavy (non-hydrogen) atoms. The summed E-state index contributed by atoms with van der Waals surface area (Å²) in [5, 5.41) is 0. The van der Waals surface area contributed by atoms with Gasteiger partial charge < -0.3 is 14.5 Å². The highest BCUT2D eigenvalue weighted by molar-refractivity contribution is 6.21. The van der Waals surface area contributed by atoms with Gasteiger partial charge in [0, 0.05) is 31.7 Å². The Kier molecular flexibility index (Phi) is 6.65. The first-order valence-corrected chi connectivity index (χ1v) is 10.8. The van der Waals surface area contributed by atoms with Crippen LogP contribution in [0.3, 0.4) is 0 Å². The lowest BCUT2D eigenvalue weighted by molar-refractivity contribution is -0.274. The number of hydrogen-bond acceptors (Lipinski definition) is 5. The minimum absolute atomic E-state index is 0.0519. The quantitative estimate of drug-likeness (QED) is 0.464. The van der Waals surface area contributed by atoms with Crippen molar-refractivity contribution in [2.24, 2.45) is 0 Å². The van der Waals surface area contributed by atoms with E-state index in [-0.39, 0.29) is 23.7 Å². The topological polar surface area (TPSA) is 83.0 Å². The van der Waals surface area contributed by atoms with E-state index in [1.54, 1.807) is 44.3 Å². The van der Waals surface area contributed by atoms with Gasteiger partial charge in [-0.25, -0.2) is 9.69 Å². The molecule has 1 unspecified atom stereocenters. The van der Waals surface area contributed by atoms with E-state index in [4.69, 9.17) is 0 Å². The molecule has 4 amide bonds. The van der Waals surface area contributed by atoms with Crippen LogP contribution in [0.15, 0.2) is 73.1 Å². The van der Waals surface area contributed by atoms with Gasteiger partial charge in [0.2, 0.25) is 0 Å². The molecule has 4 rings (SSSR count). The first-order chi connectivity index (χ1) is 17.1. The van der Waals surface area contributed by atoms with Gasteiger partial charge in [-0.2, -0.15) is 0 Å². The number of nitrogens with zero attached hydrogens (tertiary/aromatic N) is 4. The molecule has 1 aromatic heterocycles. The number of rotatable bonds is 6. The minimum Gasteiger partial charge on any atom is -0.406 e. The van der Waals surface area contributed by atoms with Crippen molar-refractivity contribution in [3.8, 4) is 5.75 Å². The van der Waals surface area contributed by atoms with Gasteiger partial charge in [0.05, 0.1) is 11.3 Å². The van der Waals surface area contributed by atoms with Gasteiger partial charge in [0.25, 0.3) is 11.8 Å². The summed E-state index contributed by atoms with van der Waals surface area (Å²) in [6.07, 6.45) is -1.97. The van der Waals surface area contributed by atoms with E-state index in [1.807, 2.05) is 6.07 Å². The highest BCUT2D eigenvalue weighted by atomic mass is 19.4. The summed E-state index contributed by atoms with van der Waals surface area (Å²) in [6.45, 7) is 1.49. The summed E-state index contributed by atoms with van der Waals surface area (Å²) in [7, 11) is 1.62. The molecule has 1 fully saturated rings. The summed E-state index contributed by atoms with van der Waals surface area (Å²) in [5.41, 5.74) is 1.52. The lowest BCUT2D eigenvalue weighted by atomic mass is 10.1. The molecule has 0 radical (unpaired) electrons. The third-order valence-electron chi connectivity index (χ3n) is 5.74. The average Bonchev–Trinajstić information content (AvgIpc) is 3.06. The predicted molar refractivity (Wildman–Crippen MR) is 124 cm³/mol. The van der Waals surface area contributed by atoms with Crippen LogP contribution >= 0.6 is 0 Å². The summed E-state index contributed by atoms with van der Waals surface area (Å²) < 4.78 is 41.1. The zero-order valence-electron chi connectivity index (χ0n) is 19.3. The third-order valence-corrected chi connectivity index (χ3v) is 5.74. The molecular formula is C25H21F3N4O4. The molecule has 0 spiro atoms. The van der Waals surface area contributed by atoms with Crippen LogP contribution in [0.25, 0.3) is 0 Å². The van der Waals surface area contributed by atoms with Crippen molar-refractivity contribution in [3.63, 3.8) is 0 Å². The smallest absolute Gasteiger partial charge is 0.406 e. The highest BCUT2D eigenvalue weighted by Gasteiger charge is 2.43. The van der Waals surface area contributed by atoms with Gasteiger partial charge in [0.1, 0.15) is 11.8 Å². The Labute approximate surface area is 204 Å². The van der Waals surface area contributed by atoms with E-state index >= 15 is 0 Å². The molecule has 3 aromatic rings. The Bertz CT molecular complexity index is 1280. The third kappa shape index (κ3) is 4.99. The zero-order valence-corrected chi connectivity index (χ0v) is 19.3. The number of imide groups is 1. The van der Waals surface area contributed by atoms with E-state index in [9.17, 15) is 27.6 Å². The Hall–Kier alpha value is -4.41. The molecule has 0 bridgehead atoms. The maximum absolute atomic E-state index is 13.2. The number of carbonyl (C=O) groups is 3. The molecule has 8 nitrogen and oxygen atoms in total. The summed E-state index contributed by atoms with van der Waals surface area (Å²) in [5.74, 6) is -1.36. The van der Waals surface area contributed by atoms with Crippen molar-refractivity contribution in [2.75, 3.05) is 16.8 Å². The van der Waals surface area contributed by atoms with Gasteiger partial charge in [-0.05, 0) is 55.0 Å². The van der Waals surface area contributed by atoms with Crippen LogP contribution in [0.5, 0.6) is 5.75 Å². The van der Waals surface area contributed by atoms with Crippen LogP contribution in [-0.2, 0) is 11.3 Å². The molecule has 1 saturated heterocycles. The van der Waals surface area contributed by atoms with E-state index in [0.717, 1.165) is 17.0 Å². The number of ether oxygens (including phenoxy) is 1. The van der Waals surface area contributed by atoms with Gasteiger partial charge in [-0.3, -0.25) is 14.6 Å². The maximum Gasteiger partial charge on any atom is 0.573 e. The van der Waals surface area contributed by atoms with E-state index < -0.39 is 30.1 Å². The zero-order chi connectivity index (χ0) is 26.0. The molecule has 1 aliphatic heterocycles. The van der Waals surface area contributed by atoms with Crippen molar-refractivity contribution < 1.29 is 32.3 Å². The lowest BCUT2D eigenvalue weighted by Crippen LogP contribution is -2.35. The Balaban J connectivity index is 1.56. The second kappa shape index (κ2) is 9.68. The second-order valence-corrected chi connectivity index (χ2v) is 8.03. The SMILES string of the molecule is CC1C(=O)N(c2ccc(OC(F)(F)F)cc2)C(=O)N1Cc1ccncc1C(=O)N(C)c1ccccc1. The van der Waals surface area contributed by atoms with Crippen molar-refractivity contribution in [1.29, 1.82) is 0 Å². The molecule has 1 atom stereocenters. The molecular weight excluding hydrogens is 477 g/mol. The van der Waals surface area contributed by atoms with E-state index in [2.05, 4.69) is 9.72 Å². The number of benzene rings is 2. The van der Waals surface area contributed by atoms with Crippen molar-refractivity contribution >= 4 is 29.2 Å². The van der Waals surface area contributed by atoms with Gasteiger partial charge in [-0.1, -0.05) is 18.2 Å². The molecule has 2 heterocycles. The number of anilines is 2. The molecule has 0 N–H and O–H groups in total.